The quantitative estimate of drug-likeness (QED) is 0.245. The number of aryl methyl sites for hydroxylation is 1. The number of nitrogens with one attached hydrogen (secondary N) is 1. The third kappa shape index (κ3) is 7.05. The standard InChI is InChI=1S/C22H36N6O2S/c1-16(2)14-28-20(25-26-22(28)31-7)9-8-12-24-21(23-3)27(4)15-17-10-11-18(29-5)13-19(17)30-6/h10-11,13,16H,8-9,12,14-15H2,1-7H3,(H,23,24). The van der Waals surface area contributed by atoms with E-state index in [1.54, 1.807) is 33.0 Å². The fraction of sp³-hybridized carbons (Fsp3) is 0.591. The summed E-state index contributed by atoms with van der Waals surface area (Å²) < 4.78 is 13.0. The Morgan fingerprint density at radius 2 is 2.03 bits per heavy atom. The minimum atomic E-state index is 0.557. The Hall–Kier alpha value is -2.42. The lowest BCUT2D eigenvalue weighted by Gasteiger charge is -2.23. The number of thioether (sulfide) groups is 1. The van der Waals surface area contributed by atoms with E-state index in [0.29, 0.717) is 12.5 Å². The van der Waals surface area contributed by atoms with Crippen LogP contribution in [0.4, 0.5) is 0 Å². The van der Waals surface area contributed by atoms with E-state index in [0.717, 1.165) is 59.9 Å². The molecule has 31 heavy (non-hydrogen) atoms. The average molecular weight is 449 g/mol. The van der Waals surface area contributed by atoms with E-state index in [-0.39, 0.29) is 0 Å². The van der Waals surface area contributed by atoms with Crippen LogP contribution >= 0.6 is 11.8 Å². The third-order valence-electron chi connectivity index (χ3n) is 4.86. The summed E-state index contributed by atoms with van der Waals surface area (Å²) in [4.78, 5) is 6.50. The van der Waals surface area contributed by atoms with Crippen molar-refractivity contribution < 1.29 is 9.47 Å². The first-order chi connectivity index (χ1) is 14.9. The van der Waals surface area contributed by atoms with E-state index >= 15 is 0 Å². The van der Waals surface area contributed by atoms with Crippen LogP contribution in [0.3, 0.4) is 0 Å². The summed E-state index contributed by atoms with van der Waals surface area (Å²) in [5.41, 5.74) is 1.07. The summed E-state index contributed by atoms with van der Waals surface area (Å²) in [6.45, 7) is 6.85. The highest BCUT2D eigenvalue weighted by atomic mass is 32.2. The average Bonchev–Trinajstić information content (AvgIpc) is 3.14. The number of ether oxygens (including phenoxy) is 2. The normalized spacial score (nSPS) is 11.7. The molecule has 0 saturated heterocycles. The van der Waals surface area contributed by atoms with E-state index in [1.807, 2.05) is 31.5 Å². The van der Waals surface area contributed by atoms with Gasteiger partial charge in [0, 0.05) is 51.8 Å². The maximum absolute atomic E-state index is 5.52. The van der Waals surface area contributed by atoms with Crippen LogP contribution in [0.1, 0.15) is 31.7 Å². The van der Waals surface area contributed by atoms with Gasteiger partial charge in [0.15, 0.2) is 11.1 Å². The van der Waals surface area contributed by atoms with E-state index in [9.17, 15) is 0 Å². The SMILES string of the molecule is CN=C(NCCCc1nnc(SC)n1CC(C)C)N(C)Cc1ccc(OC)cc1OC. The van der Waals surface area contributed by atoms with E-state index in [2.05, 4.69) is 43.8 Å². The Morgan fingerprint density at radius 3 is 2.65 bits per heavy atom. The summed E-state index contributed by atoms with van der Waals surface area (Å²) in [6, 6.07) is 5.86. The van der Waals surface area contributed by atoms with Gasteiger partial charge in [-0.05, 0) is 30.7 Å². The second kappa shape index (κ2) is 12.4. The molecule has 0 aliphatic heterocycles. The summed E-state index contributed by atoms with van der Waals surface area (Å²) >= 11 is 1.65. The van der Waals surface area contributed by atoms with Crippen molar-refractivity contribution in [3.8, 4) is 11.5 Å². The van der Waals surface area contributed by atoms with Gasteiger partial charge in [0.2, 0.25) is 0 Å². The molecular formula is C22H36N6O2S. The number of benzene rings is 1. The molecule has 0 fully saturated rings. The van der Waals surface area contributed by atoms with Gasteiger partial charge in [-0.1, -0.05) is 25.6 Å². The van der Waals surface area contributed by atoms with Gasteiger partial charge in [-0.2, -0.15) is 0 Å². The number of nitrogens with zero attached hydrogens (tertiary/aromatic N) is 5. The summed E-state index contributed by atoms with van der Waals surface area (Å²) in [7, 11) is 7.14. The van der Waals surface area contributed by atoms with Crippen molar-refractivity contribution in [1.82, 2.24) is 25.0 Å². The lowest BCUT2D eigenvalue weighted by Crippen LogP contribution is -2.39. The van der Waals surface area contributed by atoms with E-state index < -0.39 is 0 Å². The summed E-state index contributed by atoms with van der Waals surface area (Å²) in [6.07, 6.45) is 3.87. The predicted molar refractivity (Wildman–Crippen MR) is 127 cm³/mol. The number of methoxy groups -OCH3 is 2. The number of guanidine groups is 1. The molecule has 9 heteroatoms. The van der Waals surface area contributed by atoms with Crippen LogP contribution in [0.15, 0.2) is 28.3 Å². The van der Waals surface area contributed by atoms with Gasteiger partial charge in [0.25, 0.3) is 0 Å². The van der Waals surface area contributed by atoms with Gasteiger partial charge < -0.3 is 24.3 Å². The minimum Gasteiger partial charge on any atom is -0.497 e. The van der Waals surface area contributed by atoms with E-state index in [1.165, 1.54) is 0 Å². The monoisotopic (exact) mass is 448 g/mol. The molecule has 1 aromatic carbocycles. The van der Waals surface area contributed by atoms with Gasteiger partial charge in [-0.25, -0.2) is 0 Å². The molecule has 2 rings (SSSR count). The van der Waals surface area contributed by atoms with Crippen molar-refractivity contribution in [3.05, 3.63) is 29.6 Å². The molecule has 1 N–H and O–H groups in total. The van der Waals surface area contributed by atoms with Crippen molar-refractivity contribution in [1.29, 1.82) is 0 Å². The van der Waals surface area contributed by atoms with Crippen LogP contribution in [-0.2, 0) is 19.5 Å². The fourth-order valence-electron chi connectivity index (χ4n) is 3.35. The molecule has 8 nitrogen and oxygen atoms in total. The molecule has 172 valence electrons. The van der Waals surface area contributed by atoms with Crippen molar-refractivity contribution in [2.75, 3.05) is 41.1 Å². The molecule has 0 aliphatic carbocycles. The number of aliphatic imine (C=N–C) groups is 1. The highest BCUT2D eigenvalue weighted by Crippen LogP contribution is 2.25. The zero-order valence-electron chi connectivity index (χ0n) is 19.8. The Balaban J connectivity index is 1.91. The Morgan fingerprint density at radius 1 is 1.26 bits per heavy atom. The maximum Gasteiger partial charge on any atom is 0.193 e. The van der Waals surface area contributed by atoms with Gasteiger partial charge in [0.1, 0.15) is 17.3 Å². The van der Waals surface area contributed by atoms with Crippen LogP contribution in [0.2, 0.25) is 0 Å². The molecule has 0 spiro atoms. The molecule has 2 aromatic rings. The summed E-state index contributed by atoms with van der Waals surface area (Å²) in [5.74, 6) is 4.02. The Labute approximate surface area is 190 Å². The van der Waals surface area contributed by atoms with Crippen LogP contribution in [0, 0.1) is 5.92 Å². The van der Waals surface area contributed by atoms with Crippen LogP contribution in [0.5, 0.6) is 11.5 Å². The van der Waals surface area contributed by atoms with Gasteiger partial charge >= 0.3 is 0 Å². The first kappa shape index (κ1) is 24.8. The number of aromatic nitrogens is 3. The second-order valence-corrected chi connectivity index (χ2v) is 8.49. The molecular weight excluding hydrogens is 412 g/mol. The maximum atomic E-state index is 5.52. The highest BCUT2D eigenvalue weighted by Gasteiger charge is 2.14. The van der Waals surface area contributed by atoms with Gasteiger partial charge in [-0.15, -0.1) is 10.2 Å². The molecule has 0 atom stereocenters. The smallest absolute Gasteiger partial charge is 0.193 e. The summed E-state index contributed by atoms with van der Waals surface area (Å²) in [5, 5.41) is 13.2. The van der Waals surface area contributed by atoms with Crippen LogP contribution < -0.4 is 14.8 Å². The van der Waals surface area contributed by atoms with Gasteiger partial charge in [0.05, 0.1) is 14.2 Å². The molecule has 0 unspecified atom stereocenters. The first-order valence-corrected chi connectivity index (χ1v) is 11.7. The zero-order chi connectivity index (χ0) is 22.8. The molecule has 0 aliphatic rings. The number of hydrogen-bond donors (Lipinski definition) is 1. The third-order valence-corrected chi connectivity index (χ3v) is 5.53. The first-order valence-electron chi connectivity index (χ1n) is 10.5. The molecule has 0 radical (unpaired) electrons. The van der Waals surface area contributed by atoms with Gasteiger partial charge in [-0.3, -0.25) is 4.99 Å². The minimum absolute atomic E-state index is 0.557. The molecule has 1 heterocycles. The van der Waals surface area contributed by atoms with Crippen molar-refractivity contribution in [2.24, 2.45) is 10.9 Å². The van der Waals surface area contributed by atoms with Crippen LogP contribution in [0.25, 0.3) is 0 Å². The second-order valence-electron chi connectivity index (χ2n) is 7.72. The largest absolute Gasteiger partial charge is 0.497 e. The predicted octanol–water partition coefficient (Wildman–Crippen LogP) is 3.31. The lowest BCUT2D eigenvalue weighted by atomic mass is 10.2. The Bertz CT molecular complexity index is 853. The number of hydrogen-bond acceptors (Lipinski definition) is 6. The fourth-order valence-corrected chi connectivity index (χ4v) is 3.87. The Kier molecular flexibility index (Phi) is 9.97. The zero-order valence-corrected chi connectivity index (χ0v) is 20.6. The molecule has 1 aromatic heterocycles. The lowest BCUT2D eigenvalue weighted by molar-refractivity contribution is 0.382. The van der Waals surface area contributed by atoms with E-state index in [4.69, 9.17) is 9.47 Å². The van der Waals surface area contributed by atoms with Crippen LogP contribution in [-0.4, -0.2) is 66.7 Å². The molecule has 0 amide bonds. The number of rotatable bonds is 11. The van der Waals surface area contributed by atoms with Crippen molar-refractivity contribution in [2.45, 2.75) is 44.9 Å². The van der Waals surface area contributed by atoms with Crippen molar-refractivity contribution >= 4 is 17.7 Å². The van der Waals surface area contributed by atoms with Crippen molar-refractivity contribution in [3.63, 3.8) is 0 Å². The molecule has 0 bridgehead atoms. The highest BCUT2D eigenvalue weighted by molar-refractivity contribution is 7.98. The topological polar surface area (TPSA) is 76.8 Å². The molecule has 0 saturated carbocycles.